The first-order valence-electron chi connectivity index (χ1n) is 6.88. The fourth-order valence-corrected chi connectivity index (χ4v) is 2.54. The summed E-state index contributed by atoms with van der Waals surface area (Å²) >= 11 is 0. The fraction of sp³-hybridized carbons (Fsp3) is 0.188. The molecular formula is C16H15N3O3. The maximum atomic E-state index is 12.6. The molecule has 0 unspecified atom stereocenters. The minimum absolute atomic E-state index is 0.284. The number of nitrogens with one attached hydrogen (secondary N) is 2. The van der Waals surface area contributed by atoms with Gasteiger partial charge >= 0.3 is 6.03 Å². The highest BCUT2D eigenvalue weighted by Gasteiger charge is 2.49. The van der Waals surface area contributed by atoms with E-state index in [1.54, 1.807) is 49.5 Å². The Kier molecular flexibility index (Phi) is 3.29. The number of amides is 3. The summed E-state index contributed by atoms with van der Waals surface area (Å²) < 4.78 is 0. The molecule has 1 atom stereocenters. The Hall–Kier alpha value is -2.89. The van der Waals surface area contributed by atoms with E-state index in [0.717, 1.165) is 4.90 Å². The van der Waals surface area contributed by atoms with E-state index in [1.165, 1.54) is 0 Å². The number of nitrogens with zero attached hydrogens (tertiary/aromatic N) is 1. The quantitative estimate of drug-likeness (QED) is 0.665. The van der Waals surface area contributed by atoms with Crippen molar-refractivity contribution in [3.8, 4) is 0 Å². The minimum Gasteiger partial charge on any atom is -0.359 e. The number of H-pyrrole nitrogens is 1. The van der Waals surface area contributed by atoms with Crippen molar-refractivity contribution >= 4 is 17.7 Å². The van der Waals surface area contributed by atoms with Crippen LogP contribution in [0.2, 0.25) is 0 Å². The molecule has 2 aromatic rings. The molecule has 1 aromatic heterocycles. The third-order valence-corrected chi connectivity index (χ3v) is 3.83. The Morgan fingerprint density at radius 3 is 2.50 bits per heavy atom. The van der Waals surface area contributed by atoms with Crippen LogP contribution >= 0.6 is 0 Å². The molecule has 0 radical (unpaired) electrons. The molecule has 0 saturated carbocycles. The highest BCUT2D eigenvalue weighted by atomic mass is 16.2. The van der Waals surface area contributed by atoms with Crippen LogP contribution in [-0.2, 0) is 10.3 Å². The largest absolute Gasteiger partial charge is 0.359 e. The Balaban J connectivity index is 1.84. The van der Waals surface area contributed by atoms with Crippen molar-refractivity contribution < 1.29 is 14.4 Å². The Morgan fingerprint density at radius 1 is 1.14 bits per heavy atom. The van der Waals surface area contributed by atoms with Gasteiger partial charge in [-0.3, -0.25) is 14.5 Å². The fourth-order valence-electron chi connectivity index (χ4n) is 2.54. The molecule has 2 N–H and O–H groups in total. The van der Waals surface area contributed by atoms with Gasteiger partial charge in [0.1, 0.15) is 5.54 Å². The zero-order valence-electron chi connectivity index (χ0n) is 12.0. The van der Waals surface area contributed by atoms with Crippen LogP contribution < -0.4 is 5.32 Å². The van der Waals surface area contributed by atoms with E-state index in [2.05, 4.69) is 10.3 Å². The molecule has 1 aliphatic heterocycles. The number of aromatic nitrogens is 1. The van der Waals surface area contributed by atoms with E-state index in [1.807, 2.05) is 6.07 Å². The number of hydrogen-bond acceptors (Lipinski definition) is 3. The van der Waals surface area contributed by atoms with E-state index in [4.69, 9.17) is 0 Å². The summed E-state index contributed by atoms with van der Waals surface area (Å²) in [4.78, 5) is 40.6. The van der Waals surface area contributed by atoms with Crippen LogP contribution in [0.5, 0.6) is 0 Å². The number of ketones is 1. The zero-order chi connectivity index (χ0) is 15.7. The molecule has 1 aromatic carbocycles. The van der Waals surface area contributed by atoms with Crippen molar-refractivity contribution in [3.63, 3.8) is 0 Å². The number of urea groups is 1. The summed E-state index contributed by atoms with van der Waals surface area (Å²) in [5, 5.41) is 2.67. The van der Waals surface area contributed by atoms with Gasteiger partial charge in [0.2, 0.25) is 0 Å². The maximum absolute atomic E-state index is 12.6. The van der Waals surface area contributed by atoms with Crippen molar-refractivity contribution in [2.24, 2.45) is 0 Å². The standard InChI is InChI=1S/C16H15N3O3/c1-16(11-6-3-2-4-7-11)14(21)19(15(22)18-16)10-13(20)12-8-5-9-17-12/h2-9,17H,10H2,1H3,(H,18,22)/t16-/m1/s1. The van der Waals surface area contributed by atoms with Gasteiger partial charge < -0.3 is 10.3 Å². The lowest BCUT2D eigenvalue weighted by atomic mass is 9.92. The van der Waals surface area contributed by atoms with Crippen LogP contribution in [0.3, 0.4) is 0 Å². The van der Waals surface area contributed by atoms with Gasteiger partial charge in [0.25, 0.3) is 5.91 Å². The van der Waals surface area contributed by atoms with Crippen molar-refractivity contribution in [1.82, 2.24) is 15.2 Å². The predicted molar refractivity (Wildman–Crippen MR) is 79.2 cm³/mol. The van der Waals surface area contributed by atoms with Crippen LogP contribution in [0.25, 0.3) is 0 Å². The van der Waals surface area contributed by atoms with Crippen LogP contribution in [0.1, 0.15) is 23.0 Å². The van der Waals surface area contributed by atoms with Crippen molar-refractivity contribution in [3.05, 3.63) is 59.9 Å². The molecule has 0 bridgehead atoms. The monoisotopic (exact) mass is 297 g/mol. The summed E-state index contributed by atoms with van der Waals surface area (Å²) in [6.45, 7) is 1.36. The van der Waals surface area contributed by atoms with Crippen LogP contribution in [-0.4, -0.2) is 34.2 Å². The van der Waals surface area contributed by atoms with Gasteiger partial charge in [-0.15, -0.1) is 0 Å². The second kappa shape index (κ2) is 5.14. The normalized spacial score (nSPS) is 21.0. The highest BCUT2D eigenvalue weighted by molar-refractivity contribution is 6.10. The summed E-state index contributed by atoms with van der Waals surface area (Å²) in [5.41, 5.74) is -0.0916. The van der Waals surface area contributed by atoms with E-state index < -0.39 is 17.5 Å². The number of carbonyl (C=O) groups excluding carboxylic acids is 3. The van der Waals surface area contributed by atoms with Crippen LogP contribution in [0.15, 0.2) is 48.7 Å². The number of benzene rings is 1. The minimum atomic E-state index is -1.14. The van der Waals surface area contributed by atoms with E-state index in [-0.39, 0.29) is 12.3 Å². The van der Waals surface area contributed by atoms with Gasteiger partial charge in [-0.25, -0.2) is 4.79 Å². The summed E-state index contributed by atoms with van der Waals surface area (Å²) in [5.74, 6) is -0.741. The van der Waals surface area contributed by atoms with Gasteiger partial charge in [0.05, 0.1) is 12.2 Å². The average molecular weight is 297 g/mol. The third-order valence-electron chi connectivity index (χ3n) is 3.83. The van der Waals surface area contributed by atoms with E-state index in [0.29, 0.717) is 11.3 Å². The Labute approximate surface area is 127 Å². The van der Waals surface area contributed by atoms with Gasteiger partial charge in [-0.1, -0.05) is 30.3 Å². The van der Waals surface area contributed by atoms with Crippen molar-refractivity contribution in [1.29, 1.82) is 0 Å². The Bertz CT molecular complexity index is 724. The van der Waals surface area contributed by atoms with E-state index in [9.17, 15) is 14.4 Å². The number of Topliss-reactive ketones (excluding diaryl/α,β-unsaturated/α-hetero) is 1. The molecule has 6 nitrogen and oxygen atoms in total. The summed E-state index contributed by atoms with van der Waals surface area (Å²) in [6, 6.07) is 11.7. The third kappa shape index (κ3) is 2.18. The maximum Gasteiger partial charge on any atom is 0.325 e. The zero-order valence-corrected chi connectivity index (χ0v) is 12.0. The average Bonchev–Trinajstić information content (AvgIpc) is 3.12. The first-order valence-corrected chi connectivity index (χ1v) is 6.88. The van der Waals surface area contributed by atoms with Gasteiger partial charge in [0, 0.05) is 6.20 Å². The first-order chi connectivity index (χ1) is 10.5. The SMILES string of the molecule is C[C@]1(c2ccccc2)NC(=O)N(CC(=O)c2ccc[nH]2)C1=O. The van der Waals surface area contributed by atoms with E-state index >= 15 is 0 Å². The number of rotatable bonds is 4. The molecule has 112 valence electrons. The topological polar surface area (TPSA) is 82.3 Å². The predicted octanol–water partition coefficient (Wildman–Crippen LogP) is 1.66. The number of carbonyl (C=O) groups is 3. The smallest absolute Gasteiger partial charge is 0.325 e. The molecule has 1 saturated heterocycles. The van der Waals surface area contributed by atoms with Gasteiger partial charge in [-0.2, -0.15) is 0 Å². The molecule has 22 heavy (non-hydrogen) atoms. The second-order valence-electron chi connectivity index (χ2n) is 5.32. The lowest BCUT2D eigenvalue weighted by Crippen LogP contribution is -2.41. The van der Waals surface area contributed by atoms with Crippen molar-refractivity contribution in [2.45, 2.75) is 12.5 Å². The molecule has 1 fully saturated rings. The molecule has 1 aliphatic rings. The van der Waals surface area contributed by atoms with Crippen LogP contribution in [0, 0.1) is 0 Å². The molecule has 0 spiro atoms. The second-order valence-corrected chi connectivity index (χ2v) is 5.32. The molecule has 3 amide bonds. The molecular weight excluding hydrogens is 282 g/mol. The Morgan fingerprint density at radius 2 is 1.86 bits per heavy atom. The summed E-state index contributed by atoms with van der Waals surface area (Å²) in [7, 11) is 0. The number of aromatic amines is 1. The lowest BCUT2D eigenvalue weighted by molar-refractivity contribution is -0.130. The van der Waals surface area contributed by atoms with Crippen LogP contribution in [0.4, 0.5) is 4.79 Å². The number of imide groups is 1. The van der Waals surface area contributed by atoms with Crippen molar-refractivity contribution in [2.75, 3.05) is 6.54 Å². The molecule has 2 heterocycles. The lowest BCUT2D eigenvalue weighted by Gasteiger charge is -2.21. The number of hydrogen-bond donors (Lipinski definition) is 2. The van der Waals surface area contributed by atoms with Gasteiger partial charge in [0.15, 0.2) is 5.78 Å². The first kappa shape index (κ1) is 14.1. The molecule has 3 rings (SSSR count). The summed E-state index contributed by atoms with van der Waals surface area (Å²) in [6.07, 6.45) is 1.62. The molecule has 6 heteroatoms. The van der Waals surface area contributed by atoms with Gasteiger partial charge in [-0.05, 0) is 24.6 Å². The molecule has 0 aliphatic carbocycles. The highest BCUT2D eigenvalue weighted by Crippen LogP contribution is 2.28.